The van der Waals surface area contributed by atoms with Crippen LogP contribution in [-0.2, 0) is 9.53 Å². The third-order valence-electron chi connectivity index (χ3n) is 0.878. The highest BCUT2D eigenvalue weighted by Crippen LogP contribution is 1.97. The molecule has 0 fully saturated rings. The molecular weight excluding hydrogens is 130 g/mol. The van der Waals surface area contributed by atoms with E-state index in [4.69, 9.17) is 12.2 Å². The molecule has 1 atom stereocenters. The van der Waals surface area contributed by atoms with E-state index in [1.54, 1.807) is 6.92 Å². The Balaban J connectivity index is 3.49. The van der Waals surface area contributed by atoms with Crippen molar-refractivity contribution in [2.45, 2.75) is 25.9 Å². The van der Waals surface area contributed by atoms with Crippen LogP contribution in [0, 0.1) is 18.3 Å². The average Bonchev–Trinajstić information content (AvgIpc) is 1.88. The van der Waals surface area contributed by atoms with Gasteiger partial charge in [-0.1, -0.05) is 0 Å². The van der Waals surface area contributed by atoms with Gasteiger partial charge in [0, 0.05) is 6.42 Å². The molecule has 0 aliphatic carbocycles. The summed E-state index contributed by atoms with van der Waals surface area (Å²) in [5.41, 5.74) is 0. The number of rotatable bonds is 3. The molecule has 0 aromatic heterocycles. The maximum Gasteiger partial charge on any atom is 0.306 e. The fraction of sp³-hybridized carbons (Fsp3) is 0.571. The highest BCUT2D eigenvalue weighted by molar-refractivity contribution is 5.70. The molecule has 0 heterocycles. The number of hydrogen-bond donors (Lipinski definition) is 0. The number of nitriles is 1. The summed E-state index contributed by atoms with van der Waals surface area (Å²) in [6.07, 6.45) is -0.261. The van der Waals surface area contributed by atoms with Crippen molar-refractivity contribution in [3.8, 4) is 6.07 Å². The quantitative estimate of drug-likeness (QED) is 0.546. The molecule has 0 aromatic carbocycles. The SMILES string of the molecule is [CH]CC(=O)OC(C)CC#N. The maximum absolute atomic E-state index is 10.4. The van der Waals surface area contributed by atoms with E-state index in [0.29, 0.717) is 0 Å². The van der Waals surface area contributed by atoms with Gasteiger partial charge in [0.05, 0.1) is 12.5 Å². The van der Waals surface area contributed by atoms with Crippen molar-refractivity contribution in [1.82, 2.24) is 0 Å². The molecule has 3 heteroatoms. The number of ether oxygens (including phenoxy) is 1. The number of hydrogen-bond acceptors (Lipinski definition) is 3. The van der Waals surface area contributed by atoms with Gasteiger partial charge in [-0.05, 0) is 13.8 Å². The minimum Gasteiger partial charge on any atom is -0.462 e. The summed E-state index contributed by atoms with van der Waals surface area (Å²) in [5.74, 6) is -0.470. The van der Waals surface area contributed by atoms with Crippen LogP contribution in [0.3, 0.4) is 0 Å². The highest BCUT2D eigenvalue weighted by atomic mass is 16.5. The van der Waals surface area contributed by atoms with Gasteiger partial charge in [-0.15, -0.1) is 0 Å². The lowest BCUT2D eigenvalue weighted by molar-refractivity contribution is -0.146. The second-order valence-electron chi connectivity index (χ2n) is 1.87. The molecule has 1 unspecified atom stereocenters. The van der Waals surface area contributed by atoms with E-state index in [1.807, 2.05) is 6.07 Å². The van der Waals surface area contributed by atoms with Crippen molar-refractivity contribution in [3.63, 3.8) is 0 Å². The number of carbonyl (C=O) groups excluding carboxylic acids is 1. The third kappa shape index (κ3) is 3.90. The molecule has 0 aromatic rings. The van der Waals surface area contributed by atoms with Crippen LogP contribution in [0.15, 0.2) is 0 Å². The summed E-state index contributed by atoms with van der Waals surface area (Å²) in [6, 6.07) is 1.88. The molecule has 0 aliphatic heterocycles. The first-order valence-corrected chi connectivity index (χ1v) is 2.97. The van der Waals surface area contributed by atoms with Gasteiger partial charge in [0.15, 0.2) is 0 Å². The van der Waals surface area contributed by atoms with E-state index in [1.165, 1.54) is 0 Å². The smallest absolute Gasteiger partial charge is 0.306 e. The molecule has 0 aliphatic rings. The molecule has 0 N–H and O–H groups in total. The van der Waals surface area contributed by atoms with Crippen molar-refractivity contribution in [2.24, 2.45) is 0 Å². The second kappa shape index (κ2) is 4.80. The topological polar surface area (TPSA) is 50.1 Å². The van der Waals surface area contributed by atoms with E-state index in [-0.39, 0.29) is 18.9 Å². The largest absolute Gasteiger partial charge is 0.462 e. The Bertz CT molecular complexity index is 148. The van der Waals surface area contributed by atoms with Crippen molar-refractivity contribution in [1.29, 1.82) is 5.26 Å². The molecule has 0 bridgehead atoms. The zero-order chi connectivity index (χ0) is 7.98. The lowest BCUT2D eigenvalue weighted by Gasteiger charge is -2.07. The Morgan fingerprint density at radius 1 is 1.90 bits per heavy atom. The minimum absolute atomic E-state index is 0.129. The Hall–Kier alpha value is -1.04. The zero-order valence-electron chi connectivity index (χ0n) is 5.83. The summed E-state index contributed by atoms with van der Waals surface area (Å²) in [5, 5.41) is 8.15. The van der Waals surface area contributed by atoms with Crippen LogP contribution >= 0.6 is 0 Å². The average molecular weight is 139 g/mol. The number of esters is 1. The highest BCUT2D eigenvalue weighted by Gasteiger charge is 2.05. The Kier molecular flexibility index (Phi) is 4.30. The van der Waals surface area contributed by atoms with Gasteiger partial charge in [-0.3, -0.25) is 4.79 Å². The van der Waals surface area contributed by atoms with Crippen molar-refractivity contribution >= 4 is 5.97 Å². The van der Waals surface area contributed by atoms with E-state index in [0.717, 1.165) is 0 Å². The van der Waals surface area contributed by atoms with Gasteiger partial charge in [0.1, 0.15) is 6.10 Å². The van der Waals surface area contributed by atoms with Crippen LogP contribution in [0.2, 0.25) is 0 Å². The molecule has 2 radical (unpaired) electrons. The van der Waals surface area contributed by atoms with Crippen molar-refractivity contribution in [3.05, 3.63) is 6.92 Å². The van der Waals surface area contributed by atoms with E-state index >= 15 is 0 Å². The summed E-state index contributed by atoms with van der Waals surface area (Å²) in [7, 11) is 0. The Labute approximate surface area is 60.6 Å². The molecule has 0 saturated heterocycles. The normalized spacial score (nSPS) is 11.7. The Morgan fingerprint density at radius 3 is 2.90 bits per heavy atom. The van der Waals surface area contributed by atoms with Gasteiger partial charge in [-0.25, -0.2) is 0 Å². The van der Waals surface area contributed by atoms with Crippen LogP contribution in [0.25, 0.3) is 0 Å². The molecule has 0 spiro atoms. The van der Waals surface area contributed by atoms with Crippen LogP contribution in [0.1, 0.15) is 19.8 Å². The van der Waals surface area contributed by atoms with Crippen molar-refractivity contribution in [2.75, 3.05) is 0 Å². The summed E-state index contributed by atoms with van der Waals surface area (Å²) in [6.45, 7) is 6.61. The lowest BCUT2D eigenvalue weighted by Crippen LogP contribution is -2.12. The molecule has 0 amide bonds. The third-order valence-corrected chi connectivity index (χ3v) is 0.878. The fourth-order valence-electron chi connectivity index (χ4n) is 0.443. The predicted octanol–water partition coefficient (Wildman–Crippen LogP) is 0.933. The molecule has 54 valence electrons. The first kappa shape index (κ1) is 8.96. The molecule has 3 nitrogen and oxygen atoms in total. The van der Waals surface area contributed by atoms with Crippen molar-refractivity contribution < 1.29 is 9.53 Å². The first-order chi connectivity index (χ1) is 4.70. The van der Waals surface area contributed by atoms with Gasteiger partial charge < -0.3 is 4.74 Å². The standard InChI is InChI=1S/C7H9NO2/c1-3-7(9)10-6(2)4-5-8/h1,6H,3-4H2,2H3. The monoisotopic (exact) mass is 139 g/mol. The lowest BCUT2D eigenvalue weighted by atomic mass is 10.3. The van der Waals surface area contributed by atoms with Gasteiger partial charge >= 0.3 is 5.97 Å². The maximum atomic E-state index is 10.4. The van der Waals surface area contributed by atoms with E-state index in [2.05, 4.69) is 4.74 Å². The molecule has 0 saturated carbocycles. The summed E-state index contributed by atoms with van der Waals surface area (Å²) < 4.78 is 4.65. The van der Waals surface area contributed by atoms with Crippen LogP contribution in [0.4, 0.5) is 0 Å². The van der Waals surface area contributed by atoms with Crippen LogP contribution < -0.4 is 0 Å². The summed E-state index contributed by atoms with van der Waals surface area (Å²) >= 11 is 0. The predicted molar refractivity (Wildman–Crippen MR) is 34.7 cm³/mol. The fourth-order valence-corrected chi connectivity index (χ4v) is 0.443. The second-order valence-corrected chi connectivity index (χ2v) is 1.87. The number of carbonyl (C=O) groups is 1. The van der Waals surface area contributed by atoms with Gasteiger partial charge in [0.2, 0.25) is 0 Å². The van der Waals surface area contributed by atoms with Crippen LogP contribution in [-0.4, -0.2) is 12.1 Å². The van der Waals surface area contributed by atoms with Gasteiger partial charge in [-0.2, -0.15) is 5.26 Å². The van der Waals surface area contributed by atoms with Crippen LogP contribution in [0.5, 0.6) is 0 Å². The molecule has 0 rings (SSSR count). The van der Waals surface area contributed by atoms with E-state index in [9.17, 15) is 4.79 Å². The first-order valence-electron chi connectivity index (χ1n) is 2.97. The molecular formula is C7H9NO2. The summed E-state index contributed by atoms with van der Waals surface area (Å²) in [4.78, 5) is 10.4. The number of nitrogens with zero attached hydrogens (tertiary/aromatic N) is 1. The minimum atomic E-state index is -0.470. The van der Waals surface area contributed by atoms with Gasteiger partial charge in [0.25, 0.3) is 0 Å². The van der Waals surface area contributed by atoms with E-state index < -0.39 is 5.97 Å². The zero-order valence-corrected chi connectivity index (χ0v) is 5.83. The Morgan fingerprint density at radius 2 is 2.50 bits per heavy atom. The molecule has 10 heavy (non-hydrogen) atoms.